The van der Waals surface area contributed by atoms with Gasteiger partial charge in [0.2, 0.25) is 0 Å². The van der Waals surface area contributed by atoms with Crippen LogP contribution in [0.1, 0.15) is 5.56 Å². The Balaban J connectivity index is 0.000000387. The smallest absolute Gasteiger partial charge is 0.508 e. The van der Waals surface area contributed by atoms with Crippen molar-refractivity contribution >= 4 is 21.8 Å². The number of aryl methyl sites for hydroxylation is 1. The fourth-order valence-electron chi connectivity index (χ4n) is 1.18. The molecule has 0 aromatic heterocycles. The summed E-state index contributed by atoms with van der Waals surface area (Å²) < 4.78 is 24.8. The van der Waals surface area contributed by atoms with Gasteiger partial charge < -0.3 is 9.35 Å². The molecule has 102 valence electrons. The van der Waals surface area contributed by atoms with E-state index in [0.29, 0.717) is 5.75 Å². The first-order valence-corrected chi connectivity index (χ1v) is 7.12. The summed E-state index contributed by atoms with van der Waals surface area (Å²) in [5.74, 6) is 0.322. The quantitative estimate of drug-likeness (QED) is 0.824. The number of halogens is 1. The van der Waals surface area contributed by atoms with E-state index >= 15 is 0 Å². The fraction of sp³-hybridized carbons (Fsp3) is 0.0769. The van der Waals surface area contributed by atoms with Crippen molar-refractivity contribution in [1.29, 1.82) is 0 Å². The van der Waals surface area contributed by atoms with E-state index in [-0.39, 0.29) is 34.5 Å². The SMILES string of the molecule is Cc1ccc(S(=O)(=O)[N-]Cl)cc1.Oc1ccccc1.[Na+]. The molecular formula is C13H13ClNNaO3S. The van der Waals surface area contributed by atoms with Crippen molar-refractivity contribution in [2.75, 3.05) is 0 Å². The van der Waals surface area contributed by atoms with E-state index in [9.17, 15) is 8.42 Å². The number of phenolic OH excluding ortho intramolecular Hbond substituents is 1. The van der Waals surface area contributed by atoms with Crippen LogP contribution in [0.4, 0.5) is 0 Å². The first-order valence-electron chi connectivity index (χ1n) is 5.34. The molecule has 0 aliphatic heterocycles. The molecule has 0 saturated heterocycles. The first-order chi connectivity index (χ1) is 8.95. The van der Waals surface area contributed by atoms with E-state index in [0.717, 1.165) is 5.56 Å². The van der Waals surface area contributed by atoms with Gasteiger partial charge in [-0.1, -0.05) is 35.9 Å². The van der Waals surface area contributed by atoms with E-state index in [1.54, 1.807) is 36.4 Å². The third kappa shape index (κ3) is 6.74. The van der Waals surface area contributed by atoms with E-state index in [1.165, 1.54) is 12.1 Å². The largest absolute Gasteiger partial charge is 1.00 e. The van der Waals surface area contributed by atoms with Gasteiger partial charge in [-0.3, -0.25) is 11.8 Å². The van der Waals surface area contributed by atoms with Gasteiger partial charge in [0.1, 0.15) is 15.8 Å². The van der Waals surface area contributed by atoms with Crippen LogP contribution >= 0.6 is 11.8 Å². The molecule has 0 unspecified atom stereocenters. The average molecular weight is 322 g/mol. The summed E-state index contributed by atoms with van der Waals surface area (Å²) in [6, 6.07) is 15.0. The normalized spacial score (nSPS) is 9.90. The second-order valence-corrected chi connectivity index (χ2v) is 5.67. The molecule has 0 aliphatic rings. The molecule has 1 N–H and O–H groups in total. The predicted octanol–water partition coefficient (Wildman–Crippen LogP) is 0.607. The van der Waals surface area contributed by atoms with Gasteiger partial charge in [0.25, 0.3) is 0 Å². The van der Waals surface area contributed by atoms with Crippen LogP contribution < -0.4 is 29.6 Å². The summed E-state index contributed by atoms with van der Waals surface area (Å²) >= 11 is 4.90. The van der Waals surface area contributed by atoms with Crippen LogP contribution in [-0.4, -0.2) is 13.5 Å². The molecule has 0 heterocycles. The maximum Gasteiger partial charge on any atom is 1.00 e. The van der Waals surface area contributed by atoms with Gasteiger partial charge in [0, 0.05) is 4.90 Å². The monoisotopic (exact) mass is 321 g/mol. The van der Waals surface area contributed by atoms with Crippen LogP contribution in [0.5, 0.6) is 5.75 Å². The zero-order valence-corrected chi connectivity index (χ0v) is 14.8. The molecule has 0 spiro atoms. The Morgan fingerprint density at radius 2 is 1.50 bits per heavy atom. The van der Waals surface area contributed by atoms with E-state index < -0.39 is 10.0 Å². The zero-order valence-electron chi connectivity index (χ0n) is 11.2. The number of phenols is 1. The van der Waals surface area contributed by atoms with Crippen molar-refractivity contribution in [3.63, 3.8) is 0 Å². The van der Waals surface area contributed by atoms with Crippen LogP contribution in [0, 0.1) is 6.92 Å². The molecule has 0 amide bonds. The minimum absolute atomic E-state index is 0. The molecule has 7 heteroatoms. The summed E-state index contributed by atoms with van der Waals surface area (Å²) in [5, 5.41) is 8.63. The minimum Gasteiger partial charge on any atom is -0.508 e. The average Bonchev–Trinajstić information content (AvgIpc) is 2.41. The fourth-order valence-corrected chi connectivity index (χ4v) is 1.98. The van der Waals surface area contributed by atoms with Gasteiger partial charge in [0.05, 0.1) is 0 Å². The minimum atomic E-state index is -3.62. The number of benzene rings is 2. The third-order valence-corrected chi connectivity index (χ3v) is 3.76. The number of hydrogen-bond donors (Lipinski definition) is 1. The summed E-state index contributed by atoms with van der Waals surface area (Å²) in [6.07, 6.45) is 0. The third-order valence-electron chi connectivity index (χ3n) is 2.17. The van der Waals surface area contributed by atoms with Crippen molar-refractivity contribution in [2.24, 2.45) is 0 Å². The van der Waals surface area contributed by atoms with Crippen LogP contribution in [0.3, 0.4) is 0 Å². The molecular weight excluding hydrogens is 309 g/mol. The maximum atomic E-state index is 11.0. The standard InChI is InChI=1S/C7H7ClNO2S.C6H6O.Na/c1-6-2-4-7(5-3-6)12(10,11)9-8;7-6-4-2-1-3-5-6;/h2-5H,1H3;1-5,7H;/q-1;;+1. The van der Waals surface area contributed by atoms with E-state index in [2.05, 4.69) is 4.24 Å². The maximum absolute atomic E-state index is 11.0. The van der Waals surface area contributed by atoms with Crippen molar-refractivity contribution < 1.29 is 43.1 Å². The number of sulfonamides is 1. The van der Waals surface area contributed by atoms with Crippen molar-refractivity contribution in [2.45, 2.75) is 11.8 Å². The van der Waals surface area contributed by atoms with E-state index in [4.69, 9.17) is 16.9 Å². The summed E-state index contributed by atoms with van der Waals surface area (Å²) in [6.45, 7) is 1.87. The van der Waals surface area contributed by atoms with Crippen molar-refractivity contribution in [3.05, 3.63) is 64.4 Å². The number of rotatable bonds is 2. The second kappa shape index (κ2) is 9.39. The van der Waals surface area contributed by atoms with Crippen LogP contribution in [0.2, 0.25) is 0 Å². The Morgan fingerprint density at radius 1 is 1.00 bits per heavy atom. The number of nitrogens with zero attached hydrogens (tertiary/aromatic N) is 1. The molecule has 0 fully saturated rings. The van der Waals surface area contributed by atoms with E-state index in [1.807, 2.05) is 13.0 Å². The van der Waals surface area contributed by atoms with Gasteiger partial charge in [0.15, 0.2) is 0 Å². The molecule has 0 bridgehead atoms. The van der Waals surface area contributed by atoms with Gasteiger partial charge >= 0.3 is 29.6 Å². The van der Waals surface area contributed by atoms with Crippen molar-refractivity contribution in [1.82, 2.24) is 0 Å². The number of aromatic hydroxyl groups is 1. The van der Waals surface area contributed by atoms with Crippen molar-refractivity contribution in [3.8, 4) is 5.75 Å². The second-order valence-electron chi connectivity index (χ2n) is 3.69. The zero-order chi connectivity index (χ0) is 14.3. The molecule has 0 saturated carbocycles. The van der Waals surface area contributed by atoms with Gasteiger partial charge in [-0.05, 0) is 31.2 Å². The molecule has 2 rings (SSSR count). The van der Waals surface area contributed by atoms with Gasteiger partial charge in [-0.25, -0.2) is 8.42 Å². The molecule has 20 heavy (non-hydrogen) atoms. The Bertz CT molecular complexity index is 603. The Kier molecular flexibility index (Phi) is 9.13. The van der Waals surface area contributed by atoms with Gasteiger partial charge in [-0.15, -0.1) is 0 Å². The van der Waals surface area contributed by atoms with Crippen LogP contribution in [0.15, 0.2) is 59.5 Å². The summed E-state index contributed by atoms with van der Waals surface area (Å²) in [4.78, 5) is 0.114. The molecule has 2 aromatic rings. The Hall–Kier alpha value is -0.560. The van der Waals surface area contributed by atoms with Gasteiger partial charge in [-0.2, -0.15) is 0 Å². The number of hydrogen-bond acceptors (Lipinski definition) is 3. The molecule has 0 atom stereocenters. The van der Waals surface area contributed by atoms with Crippen LogP contribution in [-0.2, 0) is 10.0 Å². The summed E-state index contributed by atoms with van der Waals surface area (Å²) in [7, 11) is -3.62. The first kappa shape index (κ1) is 19.4. The topological polar surface area (TPSA) is 68.5 Å². The molecule has 2 aromatic carbocycles. The predicted molar refractivity (Wildman–Crippen MR) is 75.7 cm³/mol. The number of para-hydroxylation sites is 1. The Morgan fingerprint density at radius 3 is 1.85 bits per heavy atom. The Labute approximate surface area is 146 Å². The molecule has 0 aliphatic carbocycles. The summed E-state index contributed by atoms with van der Waals surface area (Å²) in [5.41, 5.74) is 0.989. The molecule has 0 radical (unpaired) electrons. The van der Waals surface area contributed by atoms with Crippen LogP contribution in [0.25, 0.3) is 4.24 Å². The molecule has 4 nitrogen and oxygen atoms in total.